The Bertz CT molecular complexity index is 429. The number of hydrogen-bond acceptors (Lipinski definition) is 2. The van der Waals surface area contributed by atoms with Crippen LogP contribution in [0.25, 0.3) is 0 Å². The third kappa shape index (κ3) is 3.97. The fourth-order valence-electron chi connectivity index (χ4n) is 1.27. The van der Waals surface area contributed by atoms with Gasteiger partial charge in [0.05, 0.1) is 17.2 Å². The molecule has 1 N–H and O–H groups in total. The highest BCUT2D eigenvalue weighted by atomic mass is 79.9. The molecule has 0 bridgehead atoms. The first-order valence-electron chi connectivity index (χ1n) is 5.15. The molecular weight excluding hydrogens is 290 g/mol. The quantitative estimate of drug-likeness (QED) is 0.909. The van der Waals surface area contributed by atoms with Crippen LogP contribution in [0.15, 0.2) is 16.6 Å². The van der Waals surface area contributed by atoms with Gasteiger partial charge in [-0.25, -0.2) is 8.78 Å². The van der Waals surface area contributed by atoms with Gasteiger partial charge in [0.1, 0.15) is 11.6 Å². The van der Waals surface area contributed by atoms with Gasteiger partial charge in [-0.3, -0.25) is 0 Å². The van der Waals surface area contributed by atoms with Crippen LogP contribution in [0.2, 0.25) is 0 Å². The van der Waals surface area contributed by atoms with Crippen molar-refractivity contribution >= 4 is 21.6 Å². The zero-order valence-electron chi connectivity index (χ0n) is 9.65. The zero-order valence-corrected chi connectivity index (χ0v) is 11.2. The van der Waals surface area contributed by atoms with Crippen LogP contribution in [0, 0.1) is 28.4 Å². The topological polar surface area (TPSA) is 35.8 Å². The first-order valence-corrected chi connectivity index (χ1v) is 5.95. The Balaban J connectivity index is 2.68. The van der Waals surface area contributed by atoms with Crippen molar-refractivity contribution in [2.24, 2.45) is 5.41 Å². The van der Waals surface area contributed by atoms with Crippen molar-refractivity contribution in [2.75, 3.05) is 11.9 Å². The second kappa shape index (κ2) is 5.46. The predicted molar refractivity (Wildman–Crippen MR) is 66.6 cm³/mol. The van der Waals surface area contributed by atoms with Gasteiger partial charge >= 0.3 is 0 Å². The highest BCUT2D eigenvalue weighted by Crippen LogP contribution is 2.27. The van der Waals surface area contributed by atoms with E-state index in [1.807, 2.05) is 13.8 Å². The van der Waals surface area contributed by atoms with E-state index in [1.165, 1.54) is 6.07 Å². The lowest BCUT2D eigenvalue weighted by molar-refractivity contribution is 0.466. The van der Waals surface area contributed by atoms with Crippen LogP contribution in [0.4, 0.5) is 14.5 Å². The van der Waals surface area contributed by atoms with Crippen LogP contribution in [-0.4, -0.2) is 6.54 Å². The summed E-state index contributed by atoms with van der Waals surface area (Å²) in [6, 6.07) is 4.18. The minimum absolute atomic E-state index is 0.222. The molecule has 0 spiro atoms. The highest BCUT2D eigenvalue weighted by Gasteiger charge is 2.16. The van der Waals surface area contributed by atoms with Crippen LogP contribution in [0.3, 0.4) is 0 Å². The second-order valence-corrected chi connectivity index (χ2v) is 5.27. The van der Waals surface area contributed by atoms with E-state index in [-0.39, 0.29) is 5.69 Å². The van der Waals surface area contributed by atoms with Crippen molar-refractivity contribution in [3.63, 3.8) is 0 Å². The van der Waals surface area contributed by atoms with Crippen LogP contribution in [-0.2, 0) is 0 Å². The van der Waals surface area contributed by atoms with Crippen molar-refractivity contribution in [3.05, 3.63) is 28.2 Å². The highest BCUT2D eigenvalue weighted by molar-refractivity contribution is 9.10. The summed E-state index contributed by atoms with van der Waals surface area (Å²) < 4.78 is 26.6. The minimum Gasteiger partial charge on any atom is -0.382 e. The molecular formula is C12H13BrF2N2. The molecule has 17 heavy (non-hydrogen) atoms. The Hall–Kier alpha value is -1.15. The number of nitriles is 1. The van der Waals surface area contributed by atoms with E-state index in [0.29, 0.717) is 17.4 Å². The molecule has 0 aliphatic rings. The molecule has 2 nitrogen and oxygen atoms in total. The Morgan fingerprint density at radius 1 is 1.41 bits per heavy atom. The average Bonchev–Trinajstić information content (AvgIpc) is 2.22. The lowest BCUT2D eigenvalue weighted by Crippen LogP contribution is -2.15. The summed E-state index contributed by atoms with van der Waals surface area (Å²) in [4.78, 5) is 0. The molecule has 0 saturated heterocycles. The number of nitrogens with zero attached hydrogens (tertiary/aromatic N) is 1. The first kappa shape index (κ1) is 13.9. The molecule has 0 fully saturated rings. The van der Waals surface area contributed by atoms with E-state index in [2.05, 4.69) is 27.3 Å². The largest absolute Gasteiger partial charge is 0.382 e. The third-order valence-corrected chi connectivity index (χ3v) is 2.99. The van der Waals surface area contributed by atoms with Crippen molar-refractivity contribution < 1.29 is 8.78 Å². The maximum atomic E-state index is 13.4. The lowest BCUT2D eigenvalue weighted by Gasteiger charge is -2.16. The number of hydrogen-bond donors (Lipinski definition) is 1. The smallest absolute Gasteiger partial charge is 0.150 e. The third-order valence-electron chi connectivity index (χ3n) is 2.36. The standard InChI is InChI=1S/C12H13BrF2N2/c1-12(2,7-16)3-4-17-11-9(13)5-8(14)6-10(11)15/h5-6,17H,3-4H2,1-2H3. The molecule has 0 unspecified atom stereocenters. The summed E-state index contributed by atoms with van der Waals surface area (Å²) in [5.41, 5.74) is -0.240. The van der Waals surface area contributed by atoms with Gasteiger partial charge in [-0.2, -0.15) is 5.26 Å². The summed E-state index contributed by atoms with van der Waals surface area (Å²) in [5, 5.41) is 11.7. The van der Waals surface area contributed by atoms with Gasteiger partial charge in [-0.1, -0.05) is 0 Å². The van der Waals surface area contributed by atoms with E-state index in [4.69, 9.17) is 5.26 Å². The van der Waals surface area contributed by atoms with Crippen molar-refractivity contribution in [3.8, 4) is 6.07 Å². The van der Waals surface area contributed by atoms with Crippen LogP contribution >= 0.6 is 15.9 Å². The van der Waals surface area contributed by atoms with Crippen molar-refractivity contribution in [1.82, 2.24) is 0 Å². The Kier molecular flexibility index (Phi) is 4.47. The lowest BCUT2D eigenvalue weighted by atomic mass is 9.91. The number of nitrogens with one attached hydrogen (secondary N) is 1. The van der Waals surface area contributed by atoms with Crippen LogP contribution in [0.5, 0.6) is 0 Å². The summed E-state index contributed by atoms with van der Waals surface area (Å²) >= 11 is 3.09. The number of rotatable bonds is 4. The predicted octanol–water partition coefficient (Wildman–Crippen LogP) is 4.08. The molecule has 92 valence electrons. The maximum Gasteiger partial charge on any atom is 0.150 e. The van der Waals surface area contributed by atoms with Gasteiger partial charge in [-0.15, -0.1) is 0 Å². The van der Waals surface area contributed by atoms with Crippen molar-refractivity contribution in [1.29, 1.82) is 5.26 Å². The molecule has 1 rings (SSSR count). The number of halogens is 3. The van der Waals surface area contributed by atoms with Crippen LogP contribution in [0.1, 0.15) is 20.3 Å². The minimum atomic E-state index is -0.647. The number of benzene rings is 1. The second-order valence-electron chi connectivity index (χ2n) is 4.42. The average molecular weight is 303 g/mol. The normalized spacial score (nSPS) is 11.1. The molecule has 0 aliphatic heterocycles. The summed E-state index contributed by atoms with van der Waals surface area (Å²) in [7, 11) is 0. The summed E-state index contributed by atoms with van der Waals surface area (Å²) in [5.74, 6) is -1.27. The molecule has 1 aromatic carbocycles. The van der Waals surface area contributed by atoms with E-state index >= 15 is 0 Å². The van der Waals surface area contributed by atoms with Gasteiger partial charge < -0.3 is 5.32 Å². The molecule has 1 aromatic rings. The maximum absolute atomic E-state index is 13.4. The summed E-state index contributed by atoms with van der Waals surface area (Å²) in [6.45, 7) is 4.07. The molecule has 0 aliphatic carbocycles. The Morgan fingerprint density at radius 2 is 2.06 bits per heavy atom. The SMILES string of the molecule is CC(C)(C#N)CCNc1c(F)cc(F)cc1Br. The Labute approximate surface area is 108 Å². The first-order chi connectivity index (χ1) is 7.85. The Morgan fingerprint density at radius 3 is 2.59 bits per heavy atom. The summed E-state index contributed by atoms with van der Waals surface area (Å²) in [6.07, 6.45) is 0.576. The van der Waals surface area contributed by atoms with Gasteiger partial charge in [0.2, 0.25) is 0 Å². The molecule has 0 aromatic heterocycles. The van der Waals surface area contributed by atoms with E-state index < -0.39 is 17.0 Å². The van der Waals surface area contributed by atoms with Gasteiger partial charge in [0.25, 0.3) is 0 Å². The molecule has 0 saturated carbocycles. The molecule has 5 heteroatoms. The molecule has 0 heterocycles. The monoisotopic (exact) mass is 302 g/mol. The van der Waals surface area contributed by atoms with E-state index in [1.54, 1.807) is 0 Å². The van der Waals surface area contributed by atoms with E-state index in [9.17, 15) is 8.78 Å². The molecule has 0 radical (unpaired) electrons. The van der Waals surface area contributed by atoms with Gasteiger partial charge in [-0.05, 0) is 42.3 Å². The van der Waals surface area contributed by atoms with Gasteiger partial charge in [0, 0.05) is 17.1 Å². The zero-order chi connectivity index (χ0) is 13.1. The van der Waals surface area contributed by atoms with E-state index in [0.717, 1.165) is 6.07 Å². The van der Waals surface area contributed by atoms with Gasteiger partial charge in [0.15, 0.2) is 0 Å². The molecule has 0 amide bonds. The fraction of sp³-hybridized carbons (Fsp3) is 0.417. The number of anilines is 1. The molecule has 0 atom stereocenters. The van der Waals surface area contributed by atoms with Crippen LogP contribution < -0.4 is 5.32 Å². The fourth-order valence-corrected chi connectivity index (χ4v) is 1.82. The van der Waals surface area contributed by atoms with Crippen molar-refractivity contribution in [2.45, 2.75) is 20.3 Å².